The molecule has 0 unspecified atom stereocenters. The topological polar surface area (TPSA) is 6.48 Å². The molecule has 0 radical (unpaired) electrons. The van der Waals surface area contributed by atoms with E-state index in [0.717, 1.165) is 11.4 Å². The predicted octanol–water partition coefficient (Wildman–Crippen LogP) is 17.0. The van der Waals surface area contributed by atoms with Crippen molar-refractivity contribution >= 4 is 74.1 Å². The standard InChI is InChI=1S/C66H56N2Si/c1-41-20-25-44(26-21-41)67(47-30-33-52-50-14-9-11-17-58(50)65(3,4)60(52)38-47)46-29-24-43-36-57-54-35-32-49(40-63(54)69(7,8)62-19-13-16-55(64(57)62)56(43)37-46)68(45-27-22-42(2)23-28-45)48-31-34-53-51-15-10-12-18-59(51)66(5,6)61(53)39-48/h9-40H,1-8H3. The third-order valence-corrected chi connectivity index (χ3v) is 19.9. The molecule has 0 amide bonds. The molecule has 0 saturated carbocycles. The Morgan fingerprint density at radius 2 is 0.783 bits per heavy atom. The third kappa shape index (κ3) is 6.09. The van der Waals surface area contributed by atoms with Gasteiger partial charge in [0.25, 0.3) is 0 Å². The van der Waals surface area contributed by atoms with Gasteiger partial charge in [0.2, 0.25) is 0 Å². The zero-order chi connectivity index (χ0) is 47.1. The molecule has 0 aromatic heterocycles. The second kappa shape index (κ2) is 14.8. The molecule has 1 heterocycles. The van der Waals surface area contributed by atoms with Gasteiger partial charge in [-0.25, -0.2) is 0 Å². The number of nitrogens with zero attached hydrogens (tertiary/aromatic N) is 2. The van der Waals surface area contributed by atoms with Crippen LogP contribution in [-0.2, 0) is 10.8 Å². The zero-order valence-electron chi connectivity index (χ0n) is 40.9. The molecule has 1 aliphatic heterocycles. The predicted molar refractivity (Wildman–Crippen MR) is 298 cm³/mol. The van der Waals surface area contributed by atoms with Gasteiger partial charge in [-0.1, -0.05) is 167 Å². The van der Waals surface area contributed by atoms with Gasteiger partial charge in [-0.05, 0) is 180 Å². The molecular weight excluding hydrogens is 849 g/mol. The normalized spacial score (nSPS) is 15.0. The minimum Gasteiger partial charge on any atom is -0.310 e. The van der Waals surface area contributed by atoms with Crippen LogP contribution in [0.25, 0.3) is 54.9 Å². The number of rotatable bonds is 6. The molecule has 0 spiro atoms. The number of aryl methyl sites for hydroxylation is 2. The molecule has 2 aliphatic carbocycles. The van der Waals surface area contributed by atoms with E-state index in [4.69, 9.17) is 0 Å². The van der Waals surface area contributed by atoms with Crippen molar-refractivity contribution in [1.82, 2.24) is 0 Å². The van der Waals surface area contributed by atoms with Crippen LogP contribution in [0.4, 0.5) is 34.1 Å². The van der Waals surface area contributed by atoms with Crippen molar-refractivity contribution in [3.8, 4) is 33.4 Å². The molecule has 0 atom stereocenters. The average molecular weight is 905 g/mol. The summed E-state index contributed by atoms with van der Waals surface area (Å²) in [5.41, 5.74) is 23.0. The highest BCUT2D eigenvalue weighted by molar-refractivity contribution is 7.03. The lowest BCUT2D eigenvalue weighted by Gasteiger charge is -2.36. The molecule has 10 aromatic carbocycles. The van der Waals surface area contributed by atoms with E-state index in [1.807, 2.05) is 0 Å². The van der Waals surface area contributed by atoms with Gasteiger partial charge >= 0.3 is 0 Å². The van der Waals surface area contributed by atoms with Gasteiger partial charge in [-0.15, -0.1) is 0 Å². The maximum Gasteiger partial charge on any atom is 0.113 e. The fourth-order valence-corrected chi connectivity index (χ4v) is 15.7. The maximum atomic E-state index is 2.56. The number of fused-ring (bicyclic) bond motifs is 10. The second-order valence-corrected chi connectivity index (χ2v) is 25.9. The fraction of sp³-hybridized carbons (Fsp3) is 0.152. The molecule has 10 aromatic rings. The van der Waals surface area contributed by atoms with Crippen LogP contribution in [0.3, 0.4) is 0 Å². The molecule has 3 heteroatoms. The molecule has 0 N–H and O–H groups in total. The summed E-state index contributed by atoms with van der Waals surface area (Å²) < 4.78 is 0. The quantitative estimate of drug-likeness (QED) is 0.121. The first kappa shape index (κ1) is 41.7. The minimum atomic E-state index is -2.25. The Kier molecular flexibility index (Phi) is 8.93. The Bertz CT molecular complexity index is 3780. The van der Waals surface area contributed by atoms with Crippen LogP contribution in [0.5, 0.6) is 0 Å². The molecule has 334 valence electrons. The number of hydrogen-bond acceptors (Lipinski definition) is 2. The molecule has 69 heavy (non-hydrogen) atoms. The Balaban J connectivity index is 0.955. The smallest absolute Gasteiger partial charge is 0.113 e. The maximum absolute atomic E-state index is 2.56. The first-order valence-electron chi connectivity index (χ1n) is 24.7. The molecule has 0 fully saturated rings. The molecule has 0 saturated heterocycles. The van der Waals surface area contributed by atoms with Crippen LogP contribution in [0, 0.1) is 13.8 Å². The highest BCUT2D eigenvalue weighted by Crippen LogP contribution is 2.53. The SMILES string of the molecule is Cc1ccc(N(c2ccc3c(c2)C(C)(C)c2ccccc2-3)c2ccc3c(c2)[Si](C)(C)c2cccc4c2c-3cc2ccc(N(c3ccc(C)cc3)c3ccc5c(c3)C(C)(C)c3ccccc3-5)cc24)cc1. The fourth-order valence-electron chi connectivity index (χ4n) is 12.6. The molecular formula is C66H56N2Si. The largest absolute Gasteiger partial charge is 0.310 e. The van der Waals surface area contributed by atoms with E-state index in [-0.39, 0.29) is 10.8 Å². The van der Waals surface area contributed by atoms with E-state index in [0.29, 0.717) is 0 Å². The van der Waals surface area contributed by atoms with Gasteiger partial charge in [0.05, 0.1) is 0 Å². The Hall–Kier alpha value is -7.46. The third-order valence-electron chi connectivity index (χ3n) is 16.4. The Labute approximate surface area is 408 Å². The van der Waals surface area contributed by atoms with Crippen LogP contribution in [0.1, 0.15) is 61.1 Å². The lowest BCUT2D eigenvalue weighted by Crippen LogP contribution is -2.56. The van der Waals surface area contributed by atoms with Crippen LogP contribution in [0.2, 0.25) is 13.1 Å². The van der Waals surface area contributed by atoms with E-state index in [1.165, 1.54) is 121 Å². The van der Waals surface area contributed by atoms with Gasteiger partial charge in [0.15, 0.2) is 0 Å². The molecule has 13 rings (SSSR count). The van der Waals surface area contributed by atoms with Gasteiger partial charge in [-0.3, -0.25) is 0 Å². The Morgan fingerprint density at radius 1 is 0.333 bits per heavy atom. The van der Waals surface area contributed by atoms with Gasteiger partial charge in [0.1, 0.15) is 8.07 Å². The van der Waals surface area contributed by atoms with Crippen molar-refractivity contribution < 1.29 is 0 Å². The lowest BCUT2D eigenvalue weighted by molar-refractivity contribution is 0.660. The summed E-state index contributed by atoms with van der Waals surface area (Å²) in [6, 6.07) is 74.3. The van der Waals surface area contributed by atoms with Crippen molar-refractivity contribution in [2.45, 2.75) is 65.5 Å². The summed E-state index contributed by atoms with van der Waals surface area (Å²) in [6.07, 6.45) is 0. The lowest BCUT2D eigenvalue weighted by atomic mass is 9.82. The van der Waals surface area contributed by atoms with Crippen LogP contribution in [0.15, 0.2) is 194 Å². The zero-order valence-corrected chi connectivity index (χ0v) is 41.9. The van der Waals surface area contributed by atoms with Crippen molar-refractivity contribution in [3.63, 3.8) is 0 Å². The van der Waals surface area contributed by atoms with Crippen LogP contribution >= 0.6 is 0 Å². The van der Waals surface area contributed by atoms with Crippen LogP contribution < -0.4 is 20.2 Å². The van der Waals surface area contributed by atoms with Crippen molar-refractivity contribution in [2.24, 2.45) is 0 Å². The number of benzene rings is 10. The highest BCUT2D eigenvalue weighted by atomic mass is 28.3. The summed E-state index contributed by atoms with van der Waals surface area (Å²) in [7, 11) is -2.25. The highest BCUT2D eigenvalue weighted by Gasteiger charge is 2.39. The number of anilines is 6. The van der Waals surface area contributed by atoms with E-state index in [2.05, 4.69) is 259 Å². The van der Waals surface area contributed by atoms with E-state index >= 15 is 0 Å². The van der Waals surface area contributed by atoms with Gasteiger partial charge < -0.3 is 9.80 Å². The summed E-state index contributed by atoms with van der Waals surface area (Å²) in [4.78, 5) is 4.95. The van der Waals surface area contributed by atoms with Gasteiger partial charge in [-0.2, -0.15) is 0 Å². The van der Waals surface area contributed by atoms with Crippen LogP contribution in [-0.4, -0.2) is 8.07 Å². The monoisotopic (exact) mass is 904 g/mol. The Morgan fingerprint density at radius 3 is 1.33 bits per heavy atom. The van der Waals surface area contributed by atoms with E-state index in [1.54, 1.807) is 0 Å². The summed E-state index contributed by atoms with van der Waals surface area (Å²) in [5, 5.41) is 8.27. The first-order valence-corrected chi connectivity index (χ1v) is 27.7. The number of hydrogen-bond donors (Lipinski definition) is 0. The van der Waals surface area contributed by atoms with Crippen molar-refractivity contribution in [1.29, 1.82) is 0 Å². The minimum absolute atomic E-state index is 0.0947. The summed E-state index contributed by atoms with van der Waals surface area (Å²) in [6.45, 7) is 19.0. The molecule has 3 aliphatic rings. The van der Waals surface area contributed by atoms with Gasteiger partial charge in [0, 0.05) is 45.0 Å². The first-order chi connectivity index (χ1) is 33.3. The summed E-state index contributed by atoms with van der Waals surface area (Å²) in [5.74, 6) is 0. The molecule has 2 nitrogen and oxygen atoms in total. The second-order valence-electron chi connectivity index (χ2n) is 21.6. The van der Waals surface area contributed by atoms with E-state index in [9.17, 15) is 0 Å². The average Bonchev–Trinajstić information content (AvgIpc) is 3.73. The van der Waals surface area contributed by atoms with E-state index < -0.39 is 8.07 Å². The molecule has 0 bridgehead atoms. The summed E-state index contributed by atoms with van der Waals surface area (Å²) >= 11 is 0. The van der Waals surface area contributed by atoms with Crippen molar-refractivity contribution in [3.05, 3.63) is 228 Å². The van der Waals surface area contributed by atoms with Crippen molar-refractivity contribution in [2.75, 3.05) is 9.80 Å².